The maximum absolute atomic E-state index is 6.17. The SMILES string of the molecule is COCc1nsc(N[C@@H](C)c2ccc(Cl)cc2Cl)n1. The van der Waals surface area contributed by atoms with Crippen LogP contribution < -0.4 is 5.32 Å². The van der Waals surface area contributed by atoms with E-state index < -0.39 is 0 Å². The molecule has 1 aromatic carbocycles. The lowest BCUT2D eigenvalue weighted by Gasteiger charge is -2.14. The number of nitrogens with zero attached hydrogens (tertiary/aromatic N) is 2. The monoisotopic (exact) mass is 317 g/mol. The summed E-state index contributed by atoms with van der Waals surface area (Å²) in [7, 11) is 1.62. The summed E-state index contributed by atoms with van der Waals surface area (Å²) >= 11 is 13.3. The van der Waals surface area contributed by atoms with Crippen LogP contribution in [-0.2, 0) is 11.3 Å². The molecule has 0 unspecified atom stereocenters. The lowest BCUT2D eigenvalue weighted by molar-refractivity contribution is 0.179. The van der Waals surface area contributed by atoms with Crippen LogP contribution in [-0.4, -0.2) is 16.5 Å². The summed E-state index contributed by atoms with van der Waals surface area (Å²) in [6.45, 7) is 2.42. The summed E-state index contributed by atoms with van der Waals surface area (Å²) in [5.74, 6) is 0.671. The Balaban J connectivity index is 2.09. The lowest BCUT2D eigenvalue weighted by Crippen LogP contribution is -2.07. The number of hydrogen-bond donors (Lipinski definition) is 1. The van der Waals surface area contributed by atoms with Crippen molar-refractivity contribution >= 4 is 39.9 Å². The minimum absolute atomic E-state index is 0.0214. The minimum atomic E-state index is 0.0214. The average Bonchev–Trinajstić information content (AvgIpc) is 2.76. The Labute approximate surface area is 125 Å². The Morgan fingerprint density at radius 3 is 2.89 bits per heavy atom. The van der Waals surface area contributed by atoms with Crippen LogP contribution in [0.1, 0.15) is 24.4 Å². The van der Waals surface area contributed by atoms with E-state index in [0.29, 0.717) is 22.5 Å². The number of methoxy groups -OCH3 is 1. The first-order valence-corrected chi connectivity index (χ1v) is 7.16. The molecule has 2 aromatic rings. The summed E-state index contributed by atoms with van der Waals surface area (Å²) in [6, 6.07) is 5.47. The van der Waals surface area contributed by atoms with Gasteiger partial charge in [-0.05, 0) is 24.6 Å². The van der Waals surface area contributed by atoms with Crippen LogP contribution in [0.5, 0.6) is 0 Å². The molecule has 19 heavy (non-hydrogen) atoms. The Bertz CT molecular complexity index is 562. The molecule has 2 rings (SSSR count). The first-order valence-electron chi connectivity index (χ1n) is 5.63. The highest BCUT2D eigenvalue weighted by Crippen LogP contribution is 2.28. The molecule has 0 aliphatic heterocycles. The summed E-state index contributed by atoms with van der Waals surface area (Å²) in [6.07, 6.45) is 0. The molecule has 7 heteroatoms. The van der Waals surface area contributed by atoms with Crippen molar-refractivity contribution in [1.82, 2.24) is 9.36 Å². The minimum Gasteiger partial charge on any atom is -0.377 e. The quantitative estimate of drug-likeness (QED) is 0.899. The zero-order valence-corrected chi connectivity index (χ0v) is 12.8. The van der Waals surface area contributed by atoms with Gasteiger partial charge in [0, 0.05) is 28.7 Å². The maximum Gasteiger partial charge on any atom is 0.203 e. The standard InChI is InChI=1S/C12H13Cl2N3OS/c1-7(9-4-3-8(13)5-10(9)14)15-12-16-11(6-18-2)17-19-12/h3-5,7H,6H2,1-2H3,(H,15,16,17)/t7-/m0/s1. The fraction of sp³-hybridized carbons (Fsp3) is 0.333. The lowest BCUT2D eigenvalue weighted by atomic mass is 10.1. The third kappa shape index (κ3) is 3.79. The third-order valence-corrected chi connectivity index (χ3v) is 3.76. The predicted octanol–water partition coefficient (Wildman–Crippen LogP) is 4.16. The van der Waals surface area contributed by atoms with Crippen molar-refractivity contribution in [1.29, 1.82) is 0 Å². The van der Waals surface area contributed by atoms with Crippen LogP contribution >= 0.6 is 34.7 Å². The fourth-order valence-electron chi connectivity index (χ4n) is 1.62. The van der Waals surface area contributed by atoms with Gasteiger partial charge in [-0.1, -0.05) is 29.3 Å². The Kier molecular flexibility index (Phi) is 4.99. The van der Waals surface area contributed by atoms with Crippen molar-refractivity contribution in [3.8, 4) is 0 Å². The molecule has 0 saturated carbocycles. The van der Waals surface area contributed by atoms with Gasteiger partial charge in [0.15, 0.2) is 5.82 Å². The third-order valence-electron chi connectivity index (χ3n) is 2.51. The van der Waals surface area contributed by atoms with E-state index in [1.54, 1.807) is 13.2 Å². The van der Waals surface area contributed by atoms with E-state index in [1.807, 2.05) is 19.1 Å². The van der Waals surface area contributed by atoms with E-state index in [9.17, 15) is 0 Å². The highest BCUT2D eigenvalue weighted by Gasteiger charge is 2.12. The number of rotatable bonds is 5. The Morgan fingerprint density at radius 1 is 1.42 bits per heavy atom. The molecule has 0 aliphatic carbocycles. The fourth-order valence-corrected chi connectivity index (χ4v) is 2.85. The van der Waals surface area contributed by atoms with Gasteiger partial charge >= 0.3 is 0 Å². The van der Waals surface area contributed by atoms with E-state index in [-0.39, 0.29) is 6.04 Å². The van der Waals surface area contributed by atoms with Crippen LogP contribution in [0.25, 0.3) is 0 Å². The highest BCUT2D eigenvalue weighted by atomic mass is 35.5. The molecule has 0 bridgehead atoms. The number of nitrogens with one attached hydrogen (secondary N) is 1. The molecular formula is C12H13Cl2N3OS. The molecule has 0 radical (unpaired) electrons. The normalized spacial score (nSPS) is 12.4. The van der Waals surface area contributed by atoms with Gasteiger partial charge in [-0.3, -0.25) is 0 Å². The molecule has 102 valence electrons. The predicted molar refractivity (Wildman–Crippen MR) is 79.1 cm³/mol. The summed E-state index contributed by atoms with van der Waals surface area (Å²) in [4.78, 5) is 4.31. The highest BCUT2D eigenvalue weighted by molar-refractivity contribution is 7.09. The van der Waals surface area contributed by atoms with Gasteiger partial charge in [0.05, 0.1) is 6.04 Å². The number of benzene rings is 1. The largest absolute Gasteiger partial charge is 0.377 e. The molecule has 4 nitrogen and oxygen atoms in total. The van der Waals surface area contributed by atoms with E-state index in [0.717, 1.165) is 10.7 Å². The molecule has 1 atom stereocenters. The molecule has 0 saturated heterocycles. The van der Waals surface area contributed by atoms with Crippen molar-refractivity contribution < 1.29 is 4.74 Å². The smallest absolute Gasteiger partial charge is 0.203 e. The molecule has 0 amide bonds. The maximum atomic E-state index is 6.17. The molecule has 1 aromatic heterocycles. The summed E-state index contributed by atoms with van der Waals surface area (Å²) in [5.41, 5.74) is 0.967. The molecule has 1 heterocycles. The first kappa shape index (κ1) is 14.5. The zero-order chi connectivity index (χ0) is 13.8. The first-order chi connectivity index (χ1) is 9.10. The molecule has 0 fully saturated rings. The molecule has 1 N–H and O–H groups in total. The van der Waals surface area contributed by atoms with E-state index in [1.165, 1.54) is 11.5 Å². The van der Waals surface area contributed by atoms with Crippen LogP contribution in [0.3, 0.4) is 0 Å². The molecule has 0 aliphatic rings. The van der Waals surface area contributed by atoms with Crippen molar-refractivity contribution in [2.45, 2.75) is 19.6 Å². The van der Waals surface area contributed by atoms with Crippen LogP contribution in [0.4, 0.5) is 5.13 Å². The zero-order valence-electron chi connectivity index (χ0n) is 10.5. The van der Waals surface area contributed by atoms with Crippen molar-refractivity contribution in [3.63, 3.8) is 0 Å². The van der Waals surface area contributed by atoms with Gasteiger partial charge in [0.2, 0.25) is 5.13 Å². The second-order valence-corrected chi connectivity index (χ2v) is 5.58. The van der Waals surface area contributed by atoms with E-state index in [4.69, 9.17) is 27.9 Å². The molecule has 0 spiro atoms. The second kappa shape index (κ2) is 6.52. The number of ether oxygens (including phenoxy) is 1. The van der Waals surface area contributed by atoms with Gasteiger partial charge in [-0.2, -0.15) is 4.37 Å². The van der Waals surface area contributed by atoms with E-state index >= 15 is 0 Å². The number of hydrogen-bond acceptors (Lipinski definition) is 5. The number of anilines is 1. The van der Waals surface area contributed by atoms with Crippen LogP contribution in [0.15, 0.2) is 18.2 Å². The van der Waals surface area contributed by atoms with Gasteiger partial charge in [-0.25, -0.2) is 4.98 Å². The van der Waals surface area contributed by atoms with E-state index in [2.05, 4.69) is 14.7 Å². The van der Waals surface area contributed by atoms with Crippen molar-refractivity contribution in [3.05, 3.63) is 39.6 Å². The van der Waals surface area contributed by atoms with Crippen molar-refractivity contribution in [2.75, 3.05) is 12.4 Å². The molecular weight excluding hydrogens is 305 g/mol. The summed E-state index contributed by atoms with van der Waals surface area (Å²) in [5, 5.41) is 5.26. The average molecular weight is 318 g/mol. The Hall–Kier alpha value is -0.880. The van der Waals surface area contributed by atoms with Gasteiger partial charge in [0.1, 0.15) is 6.61 Å². The van der Waals surface area contributed by atoms with Crippen LogP contribution in [0, 0.1) is 0 Å². The topological polar surface area (TPSA) is 47.0 Å². The van der Waals surface area contributed by atoms with Gasteiger partial charge in [-0.15, -0.1) is 0 Å². The number of halogens is 2. The van der Waals surface area contributed by atoms with Crippen LogP contribution in [0.2, 0.25) is 10.0 Å². The van der Waals surface area contributed by atoms with Gasteiger partial charge in [0.25, 0.3) is 0 Å². The van der Waals surface area contributed by atoms with Gasteiger partial charge < -0.3 is 10.1 Å². The Morgan fingerprint density at radius 2 is 2.21 bits per heavy atom. The second-order valence-electron chi connectivity index (χ2n) is 3.98. The van der Waals surface area contributed by atoms with Crippen molar-refractivity contribution in [2.24, 2.45) is 0 Å². The summed E-state index contributed by atoms with van der Waals surface area (Å²) < 4.78 is 9.16. The number of aromatic nitrogens is 2.